The quantitative estimate of drug-likeness (QED) is 0.828. The minimum absolute atomic E-state index is 0.104. The number of amides is 1. The molecule has 0 radical (unpaired) electrons. The van der Waals surface area contributed by atoms with E-state index in [0.29, 0.717) is 17.9 Å². The summed E-state index contributed by atoms with van der Waals surface area (Å²) in [5, 5.41) is 2.88. The zero-order valence-electron chi connectivity index (χ0n) is 10.1. The lowest BCUT2D eigenvalue weighted by molar-refractivity contribution is 0.0951. The Kier molecular flexibility index (Phi) is 5.01. The van der Waals surface area contributed by atoms with E-state index in [2.05, 4.69) is 37.2 Å². The second kappa shape index (κ2) is 6.54. The Balaban J connectivity index is 2.01. The molecule has 1 amide bonds. The van der Waals surface area contributed by atoms with Gasteiger partial charge in [-0.2, -0.15) is 0 Å². The van der Waals surface area contributed by atoms with Crippen LogP contribution in [0.3, 0.4) is 0 Å². The number of thiophene rings is 1. The molecule has 1 N–H and O–H groups in total. The van der Waals surface area contributed by atoms with Gasteiger partial charge in [0.1, 0.15) is 5.75 Å². The van der Waals surface area contributed by atoms with Crippen LogP contribution >= 0.6 is 43.2 Å². The van der Waals surface area contributed by atoms with E-state index >= 15 is 0 Å². The first-order valence-electron chi connectivity index (χ1n) is 5.46. The van der Waals surface area contributed by atoms with Gasteiger partial charge in [-0.05, 0) is 62.2 Å². The molecule has 1 heterocycles. The van der Waals surface area contributed by atoms with E-state index in [9.17, 15) is 4.79 Å². The molecule has 0 atom stereocenters. The molecule has 19 heavy (non-hydrogen) atoms. The van der Waals surface area contributed by atoms with Gasteiger partial charge < -0.3 is 10.1 Å². The molecule has 0 fully saturated rings. The van der Waals surface area contributed by atoms with E-state index in [1.807, 2.05) is 12.1 Å². The molecule has 100 valence electrons. The molecule has 0 bridgehead atoms. The van der Waals surface area contributed by atoms with Crippen LogP contribution in [0.25, 0.3) is 0 Å². The smallest absolute Gasteiger partial charge is 0.251 e. The number of benzene rings is 1. The second-order valence-electron chi connectivity index (χ2n) is 3.74. The molecule has 3 nitrogen and oxygen atoms in total. The molecule has 2 aromatic rings. The molecular weight excluding hydrogens is 394 g/mol. The molecule has 0 unspecified atom stereocenters. The lowest BCUT2D eigenvalue weighted by Gasteiger charge is -2.07. The minimum atomic E-state index is -0.104. The molecule has 6 heteroatoms. The van der Waals surface area contributed by atoms with Gasteiger partial charge in [0.15, 0.2) is 0 Å². The van der Waals surface area contributed by atoms with Gasteiger partial charge in [-0.15, -0.1) is 11.3 Å². The van der Waals surface area contributed by atoms with Crippen molar-refractivity contribution in [1.29, 1.82) is 0 Å². The Morgan fingerprint density at radius 2 is 2.11 bits per heavy atom. The van der Waals surface area contributed by atoms with Crippen LogP contribution in [0.15, 0.2) is 38.6 Å². The highest BCUT2D eigenvalue weighted by Crippen LogP contribution is 2.25. The van der Waals surface area contributed by atoms with Crippen molar-refractivity contribution in [2.45, 2.75) is 6.54 Å². The normalized spacial score (nSPS) is 10.3. The molecule has 0 saturated carbocycles. The van der Waals surface area contributed by atoms with Gasteiger partial charge in [-0.1, -0.05) is 0 Å². The van der Waals surface area contributed by atoms with Gasteiger partial charge in [0, 0.05) is 10.4 Å². The highest BCUT2D eigenvalue weighted by Gasteiger charge is 2.09. The van der Waals surface area contributed by atoms with Gasteiger partial charge in [-0.25, -0.2) is 0 Å². The fourth-order valence-corrected chi connectivity index (χ4v) is 3.49. The van der Waals surface area contributed by atoms with Gasteiger partial charge in [-0.3, -0.25) is 4.79 Å². The fraction of sp³-hybridized carbons (Fsp3) is 0.154. The first kappa shape index (κ1) is 14.6. The first-order valence-corrected chi connectivity index (χ1v) is 7.86. The maximum absolute atomic E-state index is 12.0. The van der Waals surface area contributed by atoms with E-state index in [0.717, 1.165) is 13.1 Å². The maximum atomic E-state index is 12.0. The first-order chi connectivity index (χ1) is 9.10. The number of carbonyl (C=O) groups excluding carboxylic acids is 1. The number of ether oxygens (including phenoxy) is 1. The Hall–Kier alpha value is -0.850. The summed E-state index contributed by atoms with van der Waals surface area (Å²) in [4.78, 5) is 13.1. The molecule has 1 aromatic heterocycles. The zero-order valence-corrected chi connectivity index (χ0v) is 14.1. The van der Waals surface area contributed by atoms with Crippen molar-refractivity contribution in [3.8, 4) is 5.75 Å². The zero-order chi connectivity index (χ0) is 13.8. The predicted molar refractivity (Wildman–Crippen MR) is 83.9 cm³/mol. The van der Waals surface area contributed by atoms with Crippen LogP contribution in [0.4, 0.5) is 0 Å². The molecule has 2 rings (SSSR count). The van der Waals surface area contributed by atoms with Gasteiger partial charge in [0.05, 0.1) is 21.9 Å². The van der Waals surface area contributed by atoms with Gasteiger partial charge >= 0.3 is 0 Å². The van der Waals surface area contributed by atoms with Crippen LogP contribution in [0, 0.1) is 0 Å². The predicted octanol–water partition coefficient (Wildman–Crippen LogP) is 4.21. The van der Waals surface area contributed by atoms with Crippen molar-refractivity contribution in [2.75, 3.05) is 7.11 Å². The largest absolute Gasteiger partial charge is 0.496 e. The van der Waals surface area contributed by atoms with Crippen molar-refractivity contribution < 1.29 is 9.53 Å². The van der Waals surface area contributed by atoms with E-state index in [-0.39, 0.29) is 5.91 Å². The highest BCUT2D eigenvalue weighted by atomic mass is 79.9. The summed E-state index contributed by atoms with van der Waals surface area (Å²) >= 11 is 8.37. The van der Waals surface area contributed by atoms with Crippen molar-refractivity contribution in [3.63, 3.8) is 0 Å². The fourth-order valence-electron chi connectivity index (χ4n) is 1.52. The van der Waals surface area contributed by atoms with Crippen LogP contribution in [0.5, 0.6) is 5.75 Å². The molecular formula is C13H11Br2NO2S. The van der Waals surface area contributed by atoms with Gasteiger partial charge in [0.25, 0.3) is 5.91 Å². The van der Waals surface area contributed by atoms with Crippen molar-refractivity contribution >= 4 is 49.1 Å². The summed E-state index contributed by atoms with van der Waals surface area (Å²) in [5.41, 5.74) is 0.600. The molecule has 0 saturated heterocycles. The van der Waals surface area contributed by atoms with E-state index < -0.39 is 0 Å². The van der Waals surface area contributed by atoms with Crippen LogP contribution in [-0.2, 0) is 6.54 Å². The third-order valence-corrected chi connectivity index (χ3v) is 4.71. The van der Waals surface area contributed by atoms with Crippen molar-refractivity contribution in [2.24, 2.45) is 0 Å². The van der Waals surface area contributed by atoms with Crippen LogP contribution in [-0.4, -0.2) is 13.0 Å². The Labute approximate surface area is 132 Å². The Morgan fingerprint density at radius 1 is 1.32 bits per heavy atom. The maximum Gasteiger partial charge on any atom is 0.251 e. The van der Waals surface area contributed by atoms with Crippen molar-refractivity contribution in [3.05, 3.63) is 49.0 Å². The van der Waals surface area contributed by atoms with Crippen LogP contribution < -0.4 is 10.1 Å². The SMILES string of the molecule is COc1ccc(C(=O)NCc2ccc(Br)s2)cc1Br. The lowest BCUT2D eigenvalue weighted by atomic mass is 10.2. The van der Waals surface area contributed by atoms with E-state index in [1.54, 1.807) is 36.6 Å². The molecule has 0 aliphatic heterocycles. The van der Waals surface area contributed by atoms with Crippen LogP contribution in [0.1, 0.15) is 15.2 Å². The average molecular weight is 405 g/mol. The molecule has 0 spiro atoms. The summed E-state index contributed by atoms with van der Waals surface area (Å²) in [6, 6.07) is 9.21. The van der Waals surface area contributed by atoms with E-state index in [1.165, 1.54) is 0 Å². The van der Waals surface area contributed by atoms with Crippen LogP contribution in [0.2, 0.25) is 0 Å². The molecule has 0 aliphatic rings. The number of hydrogen-bond donors (Lipinski definition) is 1. The standard InChI is InChI=1S/C13H11Br2NO2S/c1-18-11-4-2-8(6-10(11)14)13(17)16-7-9-3-5-12(15)19-9/h2-6H,7H2,1H3,(H,16,17). The van der Waals surface area contributed by atoms with Gasteiger partial charge in [0.2, 0.25) is 0 Å². The number of hydrogen-bond acceptors (Lipinski definition) is 3. The second-order valence-corrected chi connectivity index (χ2v) is 7.14. The van der Waals surface area contributed by atoms with E-state index in [4.69, 9.17) is 4.74 Å². The number of halogens is 2. The topological polar surface area (TPSA) is 38.3 Å². The molecule has 0 aliphatic carbocycles. The summed E-state index contributed by atoms with van der Waals surface area (Å²) in [7, 11) is 1.59. The van der Waals surface area contributed by atoms with Crippen molar-refractivity contribution in [1.82, 2.24) is 5.32 Å². The lowest BCUT2D eigenvalue weighted by Crippen LogP contribution is -2.22. The monoisotopic (exact) mass is 403 g/mol. The Bertz CT molecular complexity index is 598. The Morgan fingerprint density at radius 3 is 2.68 bits per heavy atom. The number of methoxy groups -OCH3 is 1. The number of nitrogens with one attached hydrogen (secondary N) is 1. The summed E-state index contributed by atoms with van der Waals surface area (Å²) in [5.74, 6) is 0.603. The number of carbonyl (C=O) groups is 1. The summed E-state index contributed by atoms with van der Waals surface area (Å²) in [6.45, 7) is 0.527. The highest BCUT2D eigenvalue weighted by molar-refractivity contribution is 9.11. The summed E-state index contributed by atoms with van der Waals surface area (Å²) in [6.07, 6.45) is 0. The third-order valence-electron chi connectivity index (χ3n) is 2.47. The average Bonchev–Trinajstić information content (AvgIpc) is 2.81. The third kappa shape index (κ3) is 3.81. The summed E-state index contributed by atoms with van der Waals surface area (Å²) < 4.78 is 6.95. The number of rotatable bonds is 4. The molecule has 1 aromatic carbocycles. The minimum Gasteiger partial charge on any atom is -0.496 e.